The Hall–Kier alpha value is -1.73. The van der Waals surface area contributed by atoms with Crippen molar-refractivity contribution in [3.05, 3.63) is 27.9 Å². The number of aromatic nitrogens is 1. The third kappa shape index (κ3) is 3.38. The zero-order valence-corrected chi connectivity index (χ0v) is 10.9. The number of thiophene rings is 1. The van der Waals surface area contributed by atoms with E-state index in [-0.39, 0.29) is 18.9 Å². The van der Waals surface area contributed by atoms with Gasteiger partial charge in [0.25, 0.3) is 0 Å². The molecule has 0 saturated heterocycles. The molecule has 2 heterocycles. The molecule has 2 aromatic rings. The third-order valence-electron chi connectivity index (χ3n) is 2.10. The maximum absolute atomic E-state index is 11.4. The van der Waals surface area contributed by atoms with Gasteiger partial charge in [-0.15, -0.1) is 11.3 Å². The van der Waals surface area contributed by atoms with E-state index in [1.165, 1.54) is 11.3 Å². The Balaban J connectivity index is 1.95. The van der Waals surface area contributed by atoms with Crippen molar-refractivity contribution in [2.24, 2.45) is 0 Å². The Kier molecular flexibility index (Phi) is 4.06. The van der Waals surface area contributed by atoms with Crippen LogP contribution in [0.1, 0.15) is 5.69 Å². The highest BCUT2D eigenvalue weighted by molar-refractivity contribution is 7.14. The molecular weight excluding hydrogens is 272 g/mol. The van der Waals surface area contributed by atoms with Crippen molar-refractivity contribution in [3.63, 3.8) is 0 Å². The lowest BCUT2D eigenvalue weighted by atomic mass is 10.3. The molecule has 0 bridgehead atoms. The van der Waals surface area contributed by atoms with Crippen molar-refractivity contribution in [2.45, 2.75) is 6.42 Å². The number of hydrogen-bond donors (Lipinski definition) is 2. The van der Waals surface area contributed by atoms with Crippen molar-refractivity contribution in [2.75, 3.05) is 6.54 Å². The number of carboxylic acid groups (broad SMARTS) is 1. The van der Waals surface area contributed by atoms with Gasteiger partial charge in [0.1, 0.15) is 11.6 Å². The fourth-order valence-corrected chi connectivity index (χ4v) is 2.84. The van der Waals surface area contributed by atoms with Gasteiger partial charge in [-0.05, 0) is 11.4 Å². The van der Waals surface area contributed by atoms with Crippen LogP contribution in [-0.2, 0) is 16.0 Å². The van der Waals surface area contributed by atoms with Crippen LogP contribution >= 0.6 is 22.7 Å². The summed E-state index contributed by atoms with van der Waals surface area (Å²) in [5.41, 5.74) is 1.70. The van der Waals surface area contributed by atoms with E-state index in [1.807, 2.05) is 22.2 Å². The molecule has 7 heteroatoms. The van der Waals surface area contributed by atoms with E-state index in [0.717, 1.165) is 10.6 Å². The van der Waals surface area contributed by atoms with E-state index in [2.05, 4.69) is 10.3 Å². The smallest absolute Gasteiger partial charge is 0.322 e. The normalized spacial score (nSPS) is 10.2. The maximum Gasteiger partial charge on any atom is 0.322 e. The monoisotopic (exact) mass is 282 g/mol. The van der Waals surface area contributed by atoms with E-state index in [1.54, 1.807) is 11.3 Å². The predicted octanol–water partition coefficient (Wildman–Crippen LogP) is 1.61. The first kappa shape index (κ1) is 12.7. The lowest BCUT2D eigenvalue weighted by molar-refractivity contribution is -0.137. The van der Waals surface area contributed by atoms with E-state index < -0.39 is 5.97 Å². The predicted molar refractivity (Wildman–Crippen MR) is 69.8 cm³/mol. The van der Waals surface area contributed by atoms with Crippen LogP contribution in [0.2, 0.25) is 0 Å². The highest BCUT2D eigenvalue weighted by atomic mass is 32.1. The molecule has 18 heavy (non-hydrogen) atoms. The molecule has 0 atom stereocenters. The second-order valence-electron chi connectivity index (χ2n) is 3.50. The molecule has 5 nitrogen and oxygen atoms in total. The number of nitrogens with zero attached hydrogens (tertiary/aromatic N) is 1. The van der Waals surface area contributed by atoms with Crippen LogP contribution in [0.25, 0.3) is 10.6 Å². The summed E-state index contributed by atoms with van der Waals surface area (Å²) in [7, 11) is 0. The topological polar surface area (TPSA) is 79.3 Å². The summed E-state index contributed by atoms with van der Waals surface area (Å²) >= 11 is 3.06. The first-order valence-electron chi connectivity index (χ1n) is 5.10. The van der Waals surface area contributed by atoms with Crippen LogP contribution in [-0.4, -0.2) is 28.5 Å². The number of thiazole rings is 1. The lowest BCUT2D eigenvalue weighted by Gasteiger charge is -1.99. The minimum atomic E-state index is -1.06. The lowest BCUT2D eigenvalue weighted by Crippen LogP contribution is -2.30. The fourth-order valence-electron chi connectivity index (χ4n) is 1.31. The summed E-state index contributed by atoms with van der Waals surface area (Å²) < 4.78 is 0. The largest absolute Gasteiger partial charge is 0.480 e. The molecule has 94 valence electrons. The number of aliphatic carboxylic acids is 1. The van der Waals surface area contributed by atoms with Crippen LogP contribution in [0.4, 0.5) is 0 Å². The van der Waals surface area contributed by atoms with E-state index >= 15 is 0 Å². The van der Waals surface area contributed by atoms with E-state index in [0.29, 0.717) is 5.69 Å². The third-order valence-corrected chi connectivity index (χ3v) is 3.72. The molecule has 0 aromatic carbocycles. The Morgan fingerprint density at radius 1 is 1.39 bits per heavy atom. The number of rotatable bonds is 5. The first-order valence-corrected chi connectivity index (χ1v) is 6.93. The van der Waals surface area contributed by atoms with Crippen molar-refractivity contribution in [3.8, 4) is 10.6 Å². The quantitative estimate of drug-likeness (QED) is 0.873. The van der Waals surface area contributed by atoms with Gasteiger partial charge in [-0.3, -0.25) is 9.59 Å². The molecule has 0 aliphatic rings. The number of hydrogen-bond acceptors (Lipinski definition) is 5. The summed E-state index contributed by atoms with van der Waals surface area (Å²) in [6.45, 7) is -0.361. The number of carbonyl (C=O) groups is 2. The molecule has 0 aliphatic carbocycles. The second-order valence-corrected chi connectivity index (χ2v) is 5.14. The number of amides is 1. The summed E-state index contributed by atoms with van der Waals surface area (Å²) in [4.78, 5) is 26.0. The fraction of sp³-hybridized carbons (Fsp3) is 0.182. The Labute approximate surface area is 111 Å². The van der Waals surface area contributed by atoms with E-state index in [4.69, 9.17) is 5.11 Å². The molecule has 0 unspecified atom stereocenters. The Morgan fingerprint density at radius 3 is 2.89 bits per heavy atom. The summed E-state index contributed by atoms with van der Waals surface area (Å²) in [5, 5.41) is 17.4. The first-order chi connectivity index (χ1) is 8.65. The summed E-state index contributed by atoms with van der Waals surface area (Å²) in [6.07, 6.45) is 0.105. The molecule has 0 fully saturated rings. The number of nitrogens with one attached hydrogen (secondary N) is 1. The minimum Gasteiger partial charge on any atom is -0.480 e. The van der Waals surface area contributed by atoms with Crippen molar-refractivity contribution < 1.29 is 14.7 Å². The van der Waals surface area contributed by atoms with Gasteiger partial charge in [0.05, 0.1) is 12.1 Å². The molecule has 0 radical (unpaired) electrons. The second kappa shape index (κ2) is 5.74. The Morgan fingerprint density at radius 2 is 2.22 bits per heavy atom. The van der Waals surface area contributed by atoms with Crippen molar-refractivity contribution >= 4 is 34.6 Å². The van der Waals surface area contributed by atoms with Crippen LogP contribution < -0.4 is 5.32 Å². The molecule has 0 aliphatic heterocycles. The van der Waals surface area contributed by atoms with Gasteiger partial charge in [-0.2, -0.15) is 11.3 Å². The number of carboxylic acids is 1. The maximum atomic E-state index is 11.4. The minimum absolute atomic E-state index is 0.105. The van der Waals surface area contributed by atoms with Crippen LogP contribution in [0.5, 0.6) is 0 Å². The average molecular weight is 282 g/mol. The summed E-state index contributed by atoms with van der Waals surface area (Å²) in [6, 6.07) is 1.97. The SMILES string of the molecule is O=C(O)CNC(=O)Cc1csc(-c2ccsc2)n1. The summed E-state index contributed by atoms with van der Waals surface area (Å²) in [5.74, 6) is -1.39. The molecular formula is C11H10N2O3S2. The van der Waals surface area contributed by atoms with Gasteiger partial charge in [0, 0.05) is 16.3 Å². The molecule has 2 rings (SSSR count). The Bertz CT molecular complexity index is 548. The highest BCUT2D eigenvalue weighted by Gasteiger charge is 2.09. The van der Waals surface area contributed by atoms with Crippen molar-refractivity contribution in [1.29, 1.82) is 0 Å². The van der Waals surface area contributed by atoms with Gasteiger partial charge in [-0.1, -0.05) is 0 Å². The van der Waals surface area contributed by atoms with Gasteiger partial charge < -0.3 is 10.4 Å². The van der Waals surface area contributed by atoms with E-state index in [9.17, 15) is 9.59 Å². The zero-order chi connectivity index (χ0) is 13.0. The van der Waals surface area contributed by atoms with Crippen LogP contribution in [0.3, 0.4) is 0 Å². The van der Waals surface area contributed by atoms with Gasteiger partial charge in [0.2, 0.25) is 5.91 Å². The van der Waals surface area contributed by atoms with Crippen LogP contribution in [0.15, 0.2) is 22.2 Å². The molecule has 0 saturated carbocycles. The molecule has 2 aromatic heterocycles. The molecule has 1 amide bonds. The van der Waals surface area contributed by atoms with Gasteiger partial charge in [0.15, 0.2) is 0 Å². The number of carbonyl (C=O) groups excluding carboxylic acids is 1. The zero-order valence-electron chi connectivity index (χ0n) is 9.25. The molecule has 0 spiro atoms. The van der Waals surface area contributed by atoms with Crippen molar-refractivity contribution in [1.82, 2.24) is 10.3 Å². The standard InChI is InChI=1S/C11H10N2O3S2/c14-9(12-4-10(15)16)3-8-6-18-11(13-8)7-1-2-17-5-7/h1-2,5-6H,3-4H2,(H,12,14)(H,15,16). The van der Waals surface area contributed by atoms with Gasteiger partial charge >= 0.3 is 5.97 Å². The van der Waals surface area contributed by atoms with Gasteiger partial charge in [-0.25, -0.2) is 4.98 Å². The molecule has 2 N–H and O–H groups in total. The van der Waals surface area contributed by atoms with Crippen LogP contribution in [0, 0.1) is 0 Å². The highest BCUT2D eigenvalue weighted by Crippen LogP contribution is 2.25. The average Bonchev–Trinajstić information content (AvgIpc) is 2.95.